The van der Waals surface area contributed by atoms with Gasteiger partial charge in [0.1, 0.15) is 5.01 Å². The second-order valence-electron chi connectivity index (χ2n) is 5.05. The first-order valence-electron chi connectivity index (χ1n) is 6.79. The van der Waals surface area contributed by atoms with Crippen LogP contribution in [0.3, 0.4) is 0 Å². The normalized spacial score (nSPS) is 10.4. The Morgan fingerprint density at radius 1 is 1.48 bits per heavy atom. The van der Waals surface area contributed by atoms with Gasteiger partial charge in [-0.05, 0) is 18.1 Å². The van der Waals surface area contributed by atoms with Gasteiger partial charge in [0.2, 0.25) is 5.88 Å². The maximum atomic E-state index is 5.49. The summed E-state index contributed by atoms with van der Waals surface area (Å²) in [6, 6.07) is 3.89. The third kappa shape index (κ3) is 3.73. The lowest BCUT2D eigenvalue weighted by Crippen LogP contribution is -2.27. The monoisotopic (exact) mass is 301 g/mol. The van der Waals surface area contributed by atoms with E-state index in [4.69, 9.17) is 11.2 Å². The third-order valence-electron chi connectivity index (χ3n) is 2.84. The fourth-order valence-electron chi connectivity index (χ4n) is 2.01. The molecule has 2 rings (SSSR count). The zero-order valence-corrected chi connectivity index (χ0v) is 13.4. The van der Waals surface area contributed by atoms with E-state index < -0.39 is 0 Å². The van der Waals surface area contributed by atoms with Crippen LogP contribution in [0.15, 0.2) is 24.5 Å². The molecule has 0 aliphatic rings. The van der Waals surface area contributed by atoms with E-state index in [0.717, 1.165) is 22.1 Å². The number of rotatable bonds is 6. The Bertz CT molecular complexity index is 616. The number of hydrogen-bond acceptors (Lipinski definition) is 5. The van der Waals surface area contributed by atoms with Crippen molar-refractivity contribution in [1.29, 1.82) is 0 Å². The summed E-state index contributed by atoms with van der Waals surface area (Å²) in [5.74, 6) is 3.84. The Hall–Kier alpha value is -2.06. The first kappa shape index (κ1) is 15.3. The molecule has 0 spiro atoms. The largest absolute Gasteiger partial charge is 0.479 e. The third-order valence-corrected chi connectivity index (χ3v) is 3.98. The molecule has 4 nitrogen and oxygen atoms in total. The van der Waals surface area contributed by atoms with E-state index in [-0.39, 0.29) is 0 Å². The van der Waals surface area contributed by atoms with Crippen molar-refractivity contribution in [2.24, 2.45) is 5.92 Å². The van der Waals surface area contributed by atoms with E-state index in [9.17, 15) is 0 Å². The van der Waals surface area contributed by atoms with Crippen LogP contribution in [-0.4, -0.2) is 30.2 Å². The van der Waals surface area contributed by atoms with Crippen LogP contribution < -0.4 is 9.64 Å². The number of nitrogens with zero attached hydrogens (tertiary/aromatic N) is 3. The number of aromatic nitrogens is 2. The van der Waals surface area contributed by atoms with E-state index in [1.54, 1.807) is 30.8 Å². The molecule has 0 unspecified atom stereocenters. The van der Waals surface area contributed by atoms with Gasteiger partial charge in [-0.3, -0.25) is 4.98 Å². The fraction of sp³-hybridized carbons (Fsp3) is 0.375. The predicted molar refractivity (Wildman–Crippen MR) is 87.8 cm³/mol. The standard InChI is InChI=1S/C16H19N3OS/c1-5-9-19(11-12(2)3)16-14(20-4)18-15(21-16)13-7-6-8-17-10-13/h1,6-8,10,12H,9,11H2,2-4H3. The number of ether oxygens (including phenoxy) is 1. The Morgan fingerprint density at radius 2 is 2.29 bits per heavy atom. The highest BCUT2D eigenvalue weighted by Crippen LogP contribution is 2.39. The summed E-state index contributed by atoms with van der Waals surface area (Å²) in [6.45, 7) is 5.75. The first-order valence-corrected chi connectivity index (χ1v) is 7.61. The van der Waals surface area contributed by atoms with Crippen LogP contribution in [0.5, 0.6) is 5.88 Å². The molecule has 2 aromatic rings. The molecule has 5 heteroatoms. The van der Waals surface area contributed by atoms with Crippen molar-refractivity contribution < 1.29 is 4.74 Å². The highest BCUT2D eigenvalue weighted by Gasteiger charge is 2.19. The number of pyridine rings is 1. The molecule has 0 aromatic carbocycles. The van der Waals surface area contributed by atoms with Gasteiger partial charge < -0.3 is 9.64 Å². The topological polar surface area (TPSA) is 38.2 Å². The molecular formula is C16H19N3OS. The number of methoxy groups -OCH3 is 1. The Kier molecular flexibility index (Phi) is 5.18. The van der Waals surface area contributed by atoms with Gasteiger partial charge in [0.25, 0.3) is 0 Å². The van der Waals surface area contributed by atoms with Gasteiger partial charge in [-0.15, -0.1) is 6.42 Å². The molecule has 2 heterocycles. The fourth-order valence-corrected chi connectivity index (χ4v) is 3.05. The van der Waals surface area contributed by atoms with Crippen molar-refractivity contribution in [3.8, 4) is 28.8 Å². The van der Waals surface area contributed by atoms with E-state index in [1.165, 1.54) is 0 Å². The molecule has 0 atom stereocenters. The van der Waals surface area contributed by atoms with Crippen molar-refractivity contribution in [1.82, 2.24) is 9.97 Å². The average molecular weight is 301 g/mol. The quantitative estimate of drug-likeness (QED) is 0.767. The lowest BCUT2D eigenvalue weighted by Gasteiger charge is -2.22. The van der Waals surface area contributed by atoms with Crippen molar-refractivity contribution in [2.75, 3.05) is 25.1 Å². The second-order valence-corrected chi connectivity index (χ2v) is 6.03. The van der Waals surface area contributed by atoms with Gasteiger partial charge in [-0.2, -0.15) is 4.98 Å². The van der Waals surface area contributed by atoms with Crippen LogP contribution >= 0.6 is 11.3 Å². The minimum atomic E-state index is 0.506. The molecule has 0 amide bonds. The highest BCUT2D eigenvalue weighted by molar-refractivity contribution is 7.19. The Labute approximate surface area is 129 Å². The van der Waals surface area contributed by atoms with Gasteiger partial charge in [0, 0.05) is 24.5 Å². The molecule has 0 fully saturated rings. The summed E-state index contributed by atoms with van der Waals surface area (Å²) in [4.78, 5) is 10.8. The molecule has 21 heavy (non-hydrogen) atoms. The summed E-state index contributed by atoms with van der Waals surface area (Å²) in [5.41, 5.74) is 0.984. The summed E-state index contributed by atoms with van der Waals surface area (Å²) < 4.78 is 5.42. The molecular weight excluding hydrogens is 282 g/mol. The predicted octanol–water partition coefficient (Wildman–Crippen LogP) is 3.31. The van der Waals surface area contributed by atoms with Crippen molar-refractivity contribution in [3.63, 3.8) is 0 Å². The van der Waals surface area contributed by atoms with Crippen LogP contribution in [-0.2, 0) is 0 Å². The molecule has 0 aliphatic carbocycles. The summed E-state index contributed by atoms with van der Waals surface area (Å²) in [5, 5.41) is 1.86. The van der Waals surface area contributed by atoms with E-state index >= 15 is 0 Å². The molecule has 0 radical (unpaired) electrons. The van der Waals surface area contributed by atoms with E-state index in [2.05, 4.69) is 34.6 Å². The molecule has 2 aromatic heterocycles. The second kappa shape index (κ2) is 7.09. The number of terminal acetylenes is 1. The lowest BCUT2D eigenvalue weighted by molar-refractivity contribution is 0.400. The maximum absolute atomic E-state index is 5.49. The Morgan fingerprint density at radius 3 is 2.86 bits per heavy atom. The van der Waals surface area contributed by atoms with Gasteiger partial charge in [-0.25, -0.2) is 0 Å². The molecule has 0 saturated carbocycles. The van der Waals surface area contributed by atoms with Crippen molar-refractivity contribution >= 4 is 16.3 Å². The smallest absolute Gasteiger partial charge is 0.249 e. The molecule has 0 aliphatic heterocycles. The zero-order chi connectivity index (χ0) is 15.2. The Balaban J connectivity index is 2.38. The number of hydrogen-bond donors (Lipinski definition) is 0. The summed E-state index contributed by atoms with van der Waals surface area (Å²) in [7, 11) is 1.63. The SMILES string of the molecule is C#CCN(CC(C)C)c1sc(-c2cccnc2)nc1OC. The van der Waals surface area contributed by atoms with Gasteiger partial charge >= 0.3 is 0 Å². The summed E-state index contributed by atoms with van der Waals surface area (Å²) in [6.07, 6.45) is 9.04. The van der Waals surface area contributed by atoms with Crippen molar-refractivity contribution in [2.45, 2.75) is 13.8 Å². The highest BCUT2D eigenvalue weighted by atomic mass is 32.1. The minimum Gasteiger partial charge on any atom is -0.479 e. The summed E-state index contributed by atoms with van der Waals surface area (Å²) >= 11 is 1.58. The van der Waals surface area contributed by atoms with Crippen molar-refractivity contribution in [3.05, 3.63) is 24.5 Å². The maximum Gasteiger partial charge on any atom is 0.249 e. The average Bonchev–Trinajstić information content (AvgIpc) is 2.91. The number of anilines is 1. The van der Waals surface area contributed by atoms with Crippen LogP contribution in [0.25, 0.3) is 10.6 Å². The van der Waals surface area contributed by atoms with Gasteiger partial charge in [0.05, 0.1) is 13.7 Å². The van der Waals surface area contributed by atoms with E-state index in [1.807, 2.05) is 12.1 Å². The van der Waals surface area contributed by atoms with Crippen LogP contribution in [0.2, 0.25) is 0 Å². The van der Waals surface area contributed by atoms with Crippen LogP contribution in [0, 0.1) is 18.3 Å². The minimum absolute atomic E-state index is 0.506. The van der Waals surface area contributed by atoms with Gasteiger partial charge in [-0.1, -0.05) is 31.1 Å². The molecule has 0 saturated heterocycles. The number of thiazole rings is 1. The van der Waals surface area contributed by atoms with E-state index in [0.29, 0.717) is 18.3 Å². The first-order chi connectivity index (χ1) is 10.2. The van der Waals surface area contributed by atoms with Gasteiger partial charge in [0.15, 0.2) is 5.00 Å². The molecule has 110 valence electrons. The molecule has 0 bridgehead atoms. The van der Waals surface area contributed by atoms with Crippen LogP contribution in [0.4, 0.5) is 5.00 Å². The molecule has 0 N–H and O–H groups in total. The zero-order valence-electron chi connectivity index (χ0n) is 12.5. The van der Waals surface area contributed by atoms with Crippen LogP contribution in [0.1, 0.15) is 13.8 Å². The lowest BCUT2D eigenvalue weighted by atomic mass is 10.2.